The molecule has 9 heteroatoms. The number of nitrogens with one attached hydrogen (secondary N) is 1. The molecule has 0 bridgehead atoms. The Labute approximate surface area is 87.6 Å². The van der Waals surface area contributed by atoms with Crippen molar-refractivity contribution in [1.82, 2.24) is 5.32 Å². The Bertz CT molecular complexity index is 302. The van der Waals surface area contributed by atoms with Gasteiger partial charge in [0.15, 0.2) is 0 Å². The minimum atomic E-state index is -5.14. The lowest BCUT2D eigenvalue weighted by Crippen LogP contribution is -2.49. The number of carboxylic acids is 1. The van der Waals surface area contributed by atoms with Crippen LogP contribution >= 0.6 is 0 Å². The molecule has 4 N–H and O–H groups in total. The summed E-state index contributed by atoms with van der Waals surface area (Å²) in [5.74, 6) is -4.87. The van der Waals surface area contributed by atoms with Gasteiger partial charge < -0.3 is 16.2 Å². The van der Waals surface area contributed by atoms with Crippen LogP contribution in [0.25, 0.3) is 0 Å². The van der Waals surface area contributed by atoms with Gasteiger partial charge in [-0.3, -0.25) is 14.4 Å². The number of carboxylic acid groups (broad SMARTS) is 1. The van der Waals surface area contributed by atoms with E-state index in [1.807, 2.05) is 0 Å². The van der Waals surface area contributed by atoms with Crippen molar-refractivity contribution < 1.29 is 32.7 Å². The third-order valence-electron chi connectivity index (χ3n) is 1.55. The lowest BCUT2D eigenvalue weighted by Gasteiger charge is -2.15. The van der Waals surface area contributed by atoms with Crippen molar-refractivity contribution in [3.8, 4) is 0 Å². The maximum absolute atomic E-state index is 11.8. The number of primary amides is 1. The lowest BCUT2D eigenvalue weighted by molar-refractivity contribution is -0.174. The van der Waals surface area contributed by atoms with Crippen LogP contribution in [0.4, 0.5) is 13.2 Å². The second-order valence-electron chi connectivity index (χ2n) is 2.86. The van der Waals surface area contributed by atoms with Gasteiger partial charge in [-0.1, -0.05) is 0 Å². The number of carbonyl (C=O) groups excluding carboxylic acids is 2. The van der Waals surface area contributed by atoms with Gasteiger partial charge in [0.25, 0.3) is 0 Å². The van der Waals surface area contributed by atoms with Gasteiger partial charge in [-0.05, 0) is 6.42 Å². The average molecular weight is 242 g/mol. The Morgan fingerprint density at radius 3 is 2.12 bits per heavy atom. The average Bonchev–Trinajstić information content (AvgIpc) is 2.09. The first-order valence-corrected chi connectivity index (χ1v) is 4.03. The molecule has 0 spiro atoms. The molecular weight excluding hydrogens is 233 g/mol. The van der Waals surface area contributed by atoms with Crippen LogP contribution in [0, 0.1) is 0 Å². The fourth-order valence-electron chi connectivity index (χ4n) is 0.793. The Hall–Kier alpha value is -1.80. The first kappa shape index (κ1) is 14.2. The summed E-state index contributed by atoms with van der Waals surface area (Å²) in [6, 6.07) is -1.65. The second-order valence-corrected chi connectivity index (χ2v) is 2.86. The van der Waals surface area contributed by atoms with E-state index in [0.717, 1.165) is 0 Å². The molecule has 0 saturated carbocycles. The molecule has 0 aliphatic carbocycles. The first-order valence-electron chi connectivity index (χ1n) is 4.03. The monoisotopic (exact) mass is 242 g/mol. The number of hydrogen-bond donors (Lipinski definition) is 3. The molecule has 1 atom stereocenters. The number of nitrogens with two attached hydrogens (primary N) is 1. The SMILES string of the molecule is NC(=O)[C@H](CCC(=O)O)NC(=O)C(F)(F)F. The van der Waals surface area contributed by atoms with Crippen molar-refractivity contribution in [2.75, 3.05) is 0 Å². The van der Waals surface area contributed by atoms with Crippen molar-refractivity contribution in [1.29, 1.82) is 0 Å². The zero-order valence-corrected chi connectivity index (χ0v) is 7.87. The Kier molecular flexibility index (Phi) is 4.73. The maximum Gasteiger partial charge on any atom is 0.471 e. The molecule has 0 aliphatic rings. The minimum absolute atomic E-state index is 0.494. The van der Waals surface area contributed by atoms with Gasteiger partial charge in [-0.15, -0.1) is 0 Å². The topological polar surface area (TPSA) is 109 Å². The fraction of sp³-hybridized carbons (Fsp3) is 0.571. The molecule has 0 aromatic rings. The van der Waals surface area contributed by atoms with E-state index in [2.05, 4.69) is 0 Å². The molecule has 0 radical (unpaired) electrons. The highest BCUT2D eigenvalue weighted by molar-refractivity contribution is 5.89. The van der Waals surface area contributed by atoms with Gasteiger partial charge in [0, 0.05) is 6.42 Å². The molecule has 0 rings (SSSR count). The van der Waals surface area contributed by atoms with E-state index in [-0.39, 0.29) is 0 Å². The Morgan fingerprint density at radius 2 is 1.81 bits per heavy atom. The highest BCUT2D eigenvalue weighted by Gasteiger charge is 2.40. The zero-order valence-electron chi connectivity index (χ0n) is 7.87. The molecule has 0 heterocycles. The van der Waals surface area contributed by atoms with Crippen LogP contribution in [0.15, 0.2) is 0 Å². The predicted octanol–water partition coefficient (Wildman–Crippen LogP) is -0.616. The largest absolute Gasteiger partial charge is 0.481 e. The van der Waals surface area contributed by atoms with Crippen LogP contribution < -0.4 is 11.1 Å². The third-order valence-corrected chi connectivity index (χ3v) is 1.55. The Balaban J connectivity index is 4.41. The van der Waals surface area contributed by atoms with E-state index >= 15 is 0 Å². The summed E-state index contributed by atoms with van der Waals surface area (Å²) < 4.78 is 35.4. The van der Waals surface area contributed by atoms with Gasteiger partial charge in [0.1, 0.15) is 6.04 Å². The molecular formula is C7H9F3N2O4. The zero-order chi connectivity index (χ0) is 12.9. The normalized spacial score (nSPS) is 12.9. The molecule has 0 aliphatic heterocycles. The molecule has 6 nitrogen and oxygen atoms in total. The van der Waals surface area contributed by atoms with Crippen LogP contribution in [0.2, 0.25) is 0 Å². The third kappa shape index (κ3) is 5.17. The number of aliphatic carboxylic acids is 1. The van der Waals surface area contributed by atoms with Crippen molar-refractivity contribution in [2.45, 2.75) is 25.1 Å². The first-order chi connectivity index (χ1) is 7.14. The standard InChI is InChI=1S/C7H9F3N2O4/c8-7(9,10)6(16)12-3(5(11)15)1-2-4(13)14/h3H,1-2H2,(H2,11,15)(H,12,16)(H,13,14)/t3-/m0/s1. The van der Waals surface area contributed by atoms with Crippen LogP contribution in [-0.4, -0.2) is 35.1 Å². The summed E-state index contributed by atoms with van der Waals surface area (Å²) in [4.78, 5) is 31.2. The number of alkyl halides is 3. The van der Waals surface area contributed by atoms with E-state index in [1.165, 1.54) is 5.32 Å². The highest BCUT2D eigenvalue weighted by Crippen LogP contribution is 2.15. The smallest absolute Gasteiger partial charge is 0.471 e. The van der Waals surface area contributed by atoms with Gasteiger partial charge in [0.05, 0.1) is 0 Å². The lowest BCUT2D eigenvalue weighted by atomic mass is 10.1. The molecule has 0 fully saturated rings. The van der Waals surface area contributed by atoms with Gasteiger partial charge in [-0.2, -0.15) is 13.2 Å². The summed E-state index contributed by atoms with van der Waals surface area (Å²) in [5, 5.41) is 9.56. The van der Waals surface area contributed by atoms with Gasteiger partial charge >= 0.3 is 18.1 Å². The molecule has 92 valence electrons. The molecule has 0 aromatic carbocycles. The molecule has 0 saturated heterocycles. The van der Waals surface area contributed by atoms with Crippen molar-refractivity contribution in [3.63, 3.8) is 0 Å². The van der Waals surface area contributed by atoms with Crippen molar-refractivity contribution in [3.05, 3.63) is 0 Å². The fourth-order valence-corrected chi connectivity index (χ4v) is 0.793. The minimum Gasteiger partial charge on any atom is -0.481 e. The highest BCUT2D eigenvalue weighted by atomic mass is 19.4. The summed E-state index contributed by atoms with van der Waals surface area (Å²) >= 11 is 0. The number of hydrogen-bond acceptors (Lipinski definition) is 3. The van der Waals surface area contributed by atoms with Gasteiger partial charge in [0.2, 0.25) is 5.91 Å². The van der Waals surface area contributed by atoms with E-state index in [4.69, 9.17) is 10.8 Å². The molecule has 16 heavy (non-hydrogen) atoms. The van der Waals surface area contributed by atoms with E-state index in [0.29, 0.717) is 0 Å². The van der Waals surface area contributed by atoms with Crippen LogP contribution in [-0.2, 0) is 14.4 Å². The summed E-state index contributed by atoms with van der Waals surface area (Å²) in [6.45, 7) is 0. The number of carbonyl (C=O) groups is 3. The quantitative estimate of drug-likeness (QED) is 0.597. The van der Waals surface area contributed by atoms with Crippen LogP contribution in [0.5, 0.6) is 0 Å². The van der Waals surface area contributed by atoms with E-state index < -0.39 is 42.8 Å². The number of amides is 2. The van der Waals surface area contributed by atoms with Crippen molar-refractivity contribution >= 4 is 17.8 Å². The van der Waals surface area contributed by atoms with E-state index in [1.54, 1.807) is 0 Å². The van der Waals surface area contributed by atoms with Crippen molar-refractivity contribution in [2.24, 2.45) is 5.73 Å². The summed E-state index contributed by atoms with van der Waals surface area (Å²) in [6.07, 6.45) is -6.21. The Morgan fingerprint density at radius 1 is 1.31 bits per heavy atom. The van der Waals surface area contributed by atoms with Gasteiger partial charge in [-0.25, -0.2) is 0 Å². The maximum atomic E-state index is 11.8. The molecule has 0 aromatic heterocycles. The number of halogens is 3. The predicted molar refractivity (Wildman–Crippen MR) is 44.0 cm³/mol. The summed E-state index contributed by atoms with van der Waals surface area (Å²) in [7, 11) is 0. The van der Waals surface area contributed by atoms with Crippen LogP contribution in [0.1, 0.15) is 12.8 Å². The van der Waals surface area contributed by atoms with E-state index in [9.17, 15) is 27.6 Å². The molecule has 2 amide bonds. The number of rotatable bonds is 5. The van der Waals surface area contributed by atoms with Crippen LogP contribution in [0.3, 0.4) is 0 Å². The second kappa shape index (κ2) is 5.33. The molecule has 0 unspecified atom stereocenters. The summed E-state index contributed by atoms with van der Waals surface area (Å²) in [5.41, 5.74) is 4.70.